The van der Waals surface area contributed by atoms with Crippen LogP contribution < -0.4 is 10.1 Å². The van der Waals surface area contributed by atoms with E-state index >= 15 is 0 Å². The first kappa shape index (κ1) is 19.6. The van der Waals surface area contributed by atoms with E-state index in [0.717, 1.165) is 49.8 Å². The van der Waals surface area contributed by atoms with E-state index in [1.807, 2.05) is 13.8 Å². The number of aromatic nitrogens is 4. The van der Waals surface area contributed by atoms with Gasteiger partial charge in [-0.1, -0.05) is 6.92 Å². The molecule has 1 aliphatic heterocycles. The van der Waals surface area contributed by atoms with Gasteiger partial charge in [0.15, 0.2) is 5.65 Å². The van der Waals surface area contributed by atoms with Crippen LogP contribution in [-0.4, -0.2) is 39.0 Å². The predicted octanol–water partition coefficient (Wildman–Crippen LogP) is 4.05. The van der Waals surface area contributed by atoms with E-state index in [4.69, 9.17) is 15.0 Å². The van der Waals surface area contributed by atoms with Gasteiger partial charge in [0, 0.05) is 31.0 Å². The van der Waals surface area contributed by atoms with Crippen LogP contribution >= 0.6 is 0 Å². The lowest BCUT2D eigenvalue weighted by Gasteiger charge is -2.12. The molecule has 1 fully saturated rings. The Morgan fingerprint density at radius 3 is 2.48 bits per heavy atom. The molecule has 9 heteroatoms. The number of benzene rings is 1. The zero-order chi connectivity index (χ0) is 20.6. The highest BCUT2D eigenvalue weighted by atomic mass is 19.4. The number of rotatable bonds is 5. The second-order valence-corrected chi connectivity index (χ2v) is 6.99. The molecule has 154 valence electrons. The highest BCUT2D eigenvalue weighted by Crippen LogP contribution is 2.32. The molecule has 0 aliphatic carbocycles. The number of halogens is 3. The molecule has 3 aromatic rings. The van der Waals surface area contributed by atoms with Crippen LogP contribution in [0.2, 0.25) is 0 Å². The molecule has 0 amide bonds. The van der Waals surface area contributed by atoms with Crippen LogP contribution in [0.1, 0.15) is 37.8 Å². The number of nitrogens with zero attached hydrogens (tertiary/aromatic N) is 4. The Labute approximate surface area is 166 Å². The van der Waals surface area contributed by atoms with Crippen molar-refractivity contribution in [3.05, 3.63) is 35.9 Å². The summed E-state index contributed by atoms with van der Waals surface area (Å²) in [6.07, 6.45) is -3.02. The van der Waals surface area contributed by atoms with Gasteiger partial charge in [0.05, 0.1) is 0 Å². The number of hydrogen-bond acceptors (Lipinski definition) is 5. The average molecular weight is 405 g/mol. The Bertz CT molecular complexity index is 1010. The molecule has 6 nitrogen and oxygen atoms in total. The van der Waals surface area contributed by atoms with Gasteiger partial charge in [0.1, 0.15) is 28.6 Å². The normalized spacial score (nSPS) is 17.2. The van der Waals surface area contributed by atoms with Crippen LogP contribution in [0.4, 0.5) is 13.2 Å². The van der Waals surface area contributed by atoms with Gasteiger partial charge in [-0.2, -0.15) is 0 Å². The molecule has 0 radical (unpaired) electrons. The molecule has 0 saturated carbocycles. The Morgan fingerprint density at radius 1 is 1.14 bits per heavy atom. The fourth-order valence-corrected chi connectivity index (χ4v) is 3.74. The second kappa shape index (κ2) is 7.62. The number of fused-ring (bicyclic) bond motifs is 1. The fourth-order valence-electron chi connectivity index (χ4n) is 3.74. The maximum absolute atomic E-state index is 12.5. The molecule has 0 spiro atoms. The highest BCUT2D eigenvalue weighted by molar-refractivity contribution is 5.88. The van der Waals surface area contributed by atoms with Gasteiger partial charge in [0.25, 0.3) is 0 Å². The molecule has 3 heterocycles. The maximum atomic E-state index is 12.5. The first-order chi connectivity index (χ1) is 13.9. The fraction of sp³-hybridized carbons (Fsp3) is 0.450. The number of ether oxygens (including phenoxy) is 1. The van der Waals surface area contributed by atoms with Crippen LogP contribution in [0.25, 0.3) is 22.4 Å². The van der Waals surface area contributed by atoms with Crippen molar-refractivity contribution in [1.82, 2.24) is 24.8 Å². The standard InChI is InChI=1S/C20H22F3N5O/c1-3-15-25-17-16(12-5-7-14(8-6-12)29-20(21,22)23)26-18(13-9-10-24-11-13)27-19(17)28(15)4-2/h5-8,13,24H,3-4,9-11H2,1-2H3. The van der Waals surface area contributed by atoms with Gasteiger partial charge >= 0.3 is 6.36 Å². The zero-order valence-corrected chi connectivity index (χ0v) is 16.3. The van der Waals surface area contributed by atoms with Gasteiger partial charge in [-0.05, 0) is 44.2 Å². The molecule has 1 atom stereocenters. The Hall–Kier alpha value is -2.68. The average Bonchev–Trinajstić information content (AvgIpc) is 3.34. The van der Waals surface area contributed by atoms with Crippen LogP contribution in [0, 0.1) is 0 Å². The Kier molecular flexibility index (Phi) is 5.16. The number of alkyl halides is 3. The van der Waals surface area contributed by atoms with E-state index in [-0.39, 0.29) is 11.7 Å². The van der Waals surface area contributed by atoms with E-state index in [1.54, 1.807) is 12.1 Å². The summed E-state index contributed by atoms with van der Waals surface area (Å²) in [5, 5.41) is 3.33. The van der Waals surface area contributed by atoms with Gasteiger partial charge in [-0.15, -0.1) is 13.2 Å². The molecule has 1 aromatic carbocycles. The topological polar surface area (TPSA) is 64.9 Å². The second-order valence-electron chi connectivity index (χ2n) is 6.99. The van der Waals surface area contributed by atoms with Gasteiger partial charge in [0.2, 0.25) is 0 Å². The minimum atomic E-state index is -4.72. The number of nitrogens with one attached hydrogen (secondary N) is 1. The molecule has 2 aromatic heterocycles. The van der Waals surface area contributed by atoms with Crippen molar-refractivity contribution >= 4 is 11.2 Å². The number of aryl methyl sites for hydroxylation is 2. The molecule has 29 heavy (non-hydrogen) atoms. The van der Waals surface area contributed by atoms with E-state index in [0.29, 0.717) is 16.8 Å². The molecule has 1 aliphatic rings. The third-order valence-electron chi connectivity index (χ3n) is 5.11. The zero-order valence-electron chi connectivity index (χ0n) is 16.3. The van der Waals surface area contributed by atoms with Crippen molar-refractivity contribution in [2.75, 3.05) is 13.1 Å². The smallest absolute Gasteiger partial charge is 0.406 e. The minimum absolute atomic E-state index is 0.205. The summed E-state index contributed by atoms with van der Waals surface area (Å²) in [4.78, 5) is 14.4. The lowest BCUT2D eigenvalue weighted by atomic mass is 10.1. The lowest BCUT2D eigenvalue weighted by Crippen LogP contribution is -2.17. The summed E-state index contributed by atoms with van der Waals surface area (Å²) in [5.74, 6) is 1.60. The van der Waals surface area contributed by atoms with Gasteiger partial charge in [-0.3, -0.25) is 0 Å². The van der Waals surface area contributed by atoms with Gasteiger partial charge in [-0.25, -0.2) is 15.0 Å². The van der Waals surface area contributed by atoms with Crippen LogP contribution in [0.15, 0.2) is 24.3 Å². The van der Waals surface area contributed by atoms with Crippen molar-refractivity contribution in [2.45, 2.75) is 45.5 Å². The highest BCUT2D eigenvalue weighted by Gasteiger charge is 2.31. The molecule has 1 saturated heterocycles. The van der Waals surface area contributed by atoms with Crippen molar-refractivity contribution in [3.8, 4) is 17.0 Å². The molecule has 1 N–H and O–H groups in total. The minimum Gasteiger partial charge on any atom is -0.406 e. The molecule has 0 bridgehead atoms. The maximum Gasteiger partial charge on any atom is 0.573 e. The van der Waals surface area contributed by atoms with Crippen LogP contribution in [0.3, 0.4) is 0 Å². The first-order valence-electron chi connectivity index (χ1n) is 9.73. The molecular weight excluding hydrogens is 383 g/mol. The Balaban J connectivity index is 1.84. The largest absolute Gasteiger partial charge is 0.573 e. The van der Waals surface area contributed by atoms with E-state index < -0.39 is 6.36 Å². The van der Waals surface area contributed by atoms with E-state index in [2.05, 4.69) is 14.6 Å². The number of imidazole rings is 1. The van der Waals surface area contributed by atoms with Crippen molar-refractivity contribution in [1.29, 1.82) is 0 Å². The quantitative estimate of drug-likeness (QED) is 0.694. The molecular formula is C20H22F3N5O. The third-order valence-corrected chi connectivity index (χ3v) is 5.11. The summed E-state index contributed by atoms with van der Waals surface area (Å²) < 4.78 is 43.4. The SMILES string of the molecule is CCc1nc2c(-c3ccc(OC(F)(F)F)cc3)nc(C3CCNC3)nc2n1CC. The monoisotopic (exact) mass is 405 g/mol. The Morgan fingerprint density at radius 2 is 1.90 bits per heavy atom. The lowest BCUT2D eigenvalue weighted by molar-refractivity contribution is -0.274. The van der Waals surface area contributed by atoms with Crippen molar-refractivity contribution in [3.63, 3.8) is 0 Å². The van der Waals surface area contributed by atoms with E-state index in [9.17, 15) is 13.2 Å². The van der Waals surface area contributed by atoms with Crippen molar-refractivity contribution < 1.29 is 17.9 Å². The van der Waals surface area contributed by atoms with Crippen LogP contribution in [0.5, 0.6) is 5.75 Å². The molecule has 1 unspecified atom stereocenters. The number of hydrogen-bond donors (Lipinski definition) is 1. The summed E-state index contributed by atoms with van der Waals surface area (Å²) in [6, 6.07) is 5.75. The third kappa shape index (κ3) is 3.91. The summed E-state index contributed by atoms with van der Waals surface area (Å²) in [6.45, 7) is 6.53. The summed E-state index contributed by atoms with van der Waals surface area (Å²) >= 11 is 0. The predicted molar refractivity (Wildman–Crippen MR) is 103 cm³/mol. The molecule has 4 rings (SSSR count). The van der Waals surface area contributed by atoms with Crippen molar-refractivity contribution in [2.24, 2.45) is 0 Å². The summed E-state index contributed by atoms with van der Waals surface area (Å²) in [7, 11) is 0. The van der Waals surface area contributed by atoms with Gasteiger partial charge < -0.3 is 14.6 Å². The van der Waals surface area contributed by atoms with Crippen LogP contribution in [-0.2, 0) is 13.0 Å². The first-order valence-corrected chi connectivity index (χ1v) is 9.73. The summed E-state index contributed by atoms with van der Waals surface area (Å²) in [5.41, 5.74) is 2.76. The van der Waals surface area contributed by atoms with E-state index in [1.165, 1.54) is 12.1 Å².